The number of rotatable bonds is 10. The Hall–Kier alpha value is -2.63. The molecular formula is C15H23BN2O9. The maximum atomic E-state index is 12.2. The van der Waals surface area contributed by atoms with Gasteiger partial charge in [-0.3, -0.25) is 24.0 Å². The average Bonchev–Trinajstić information content (AvgIpc) is 2.79. The zero-order valence-corrected chi connectivity index (χ0v) is 15.3. The van der Waals surface area contributed by atoms with Gasteiger partial charge in [0.1, 0.15) is 0 Å². The van der Waals surface area contributed by atoms with Crippen LogP contribution >= 0.6 is 0 Å². The fourth-order valence-corrected chi connectivity index (χ4v) is 2.66. The minimum absolute atomic E-state index is 0.0346. The molecule has 150 valence electrons. The number of carbonyl (C=O) groups is 5. The first-order valence-electron chi connectivity index (χ1n) is 8.31. The Morgan fingerprint density at radius 1 is 1.15 bits per heavy atom. The van der Waals surface area contributed by atoms with Gasteiger partial charge in [0.25, 0.3) is 0 Å². The normalized spacial score (nSPS) is 16.6. The lowest BCUT2D eigenvalue weighted by atomic mass is 9.74. The maximum Gasteiger partial charge on any atom is 0.552 e. The third-order valence-electron chi connectivity index (χ3n) is 3.71. The number of nitrogens with one attached hydrogen (secondary N) is 2. The molecule has 0 aromatic heterocycles. The van der Waals surface area contributed by atoms with Gasteiger partial charge < -0.3 is 30.2 Å². The highest BCUT2D eigenvalue weighted by molar-refractivity contribution is 6.51. The standard InChI is InChI=1S/C15H23BN2O9/c1-8(2)4-10(18-11(20)7-17-9(3)19)16-26-14(25)15(27-16,5-12(21)22)6-13(23)24/h8,10H,4-7H2,1-3H3,(H,17,19)(H,18,20)(H,21,22)(H,23,24)/t10-/m0/s1. The lowest BCUT2D eigenvalue weighted by Crippen LogP contribution is -2.51. The van der Waals surface area contributed by atoms with E-state index in [2.05, 4.69) is 10.6 Å². The summed E-state index contributed by atoms with van der Waals surface area (Å²) in [5.41, 5.74) is -2.17. The molecular weight excluding hydrogens is 363 g/mol. The van der Waals surface area contributed by atoms with Crippen molar-refractivity contribution in [3.8, 4) is 0 Å². The second-order valence-corrected chi connectivity index (χ2v) is 6.74. The van der Waals surface area contributed by atoms with Crippen LogP contribution in [0.5, 0.6) is 0 Å². The first kappa shape index (κ1) is 22.4. The molecule has 4 N–H and O–H groups in total. The van der Waals surface area contributed by atoms with Crippen LogP contribution in [0.4, 0.5) is 0 Å². The molecule has 1 fully saturated rings. The summed E-state index contributed by atoms with van der Waals surface area (Å²) in [6, 6.07) is 0. The van der Waals surface area contributed by atoms with Gasteiger partial charge in [0.15, 0.2) is 5.60 Å². The molecule has 0 saturated carbocycles. The van der Waals surface area contributed by atoms with E-state index in [1.807, 2.05) is 13.8 Å². The average molecular weight is 386 g/mol. The number of hydrogen-bond acceptors (Lipinski definition) is 7. The van der Waals surface area contributed by atoms with Gasteiger partial charge in [-0.05, 0) is 12.3 Å². The minimum Gasteiger partial charge on any atom is -0.506 e. The van der Waals surface area contributed by atoms with Crippen LogP contribution in [0, 0.1) is 5.92 Å². The fourth-order valence-electron chi connectivity index (χ4n) is 2.66. The second kappa shape index (κ2) is 9.35. The lowest BCUT2D eigenvalue weighted by Gasteiger charge is -2.24. The van der Waals surface area contributed by atoms with Crippen LogP contribution in [0.15, 0.2) is 0 Å². The van der Waals surface area contributed by atoms with Crippen LogP contribution in [0.25, 0.3) is 0 Å². The second-order valence-electron chi connectivity index (χ2n) is 6.74. The Bertz CT molecular complexity index is 606. The van der Waals surface area contributed by atoms with Gasteiger partial charge in [0.05, 0.1) is 25.3 Å². The summed E-state index contributed by atoms with van der Waals surface area (Å²) >= 11 is 0. The van der Waals surface area contributed by atoms with Crippen molar-refractivity contribution in [2.45, 2.75) is 51.6 Å². The molecule has 1 rings (SSSR count). The molecule has 0 aromatic carbocycles. The molecule has 0 aromatic rings. The van der Waals surface area contributed by atoms with Gasteiger partial charge in [0, 0.05) is 6.92 Å². The zero-order chi connectivity index (χ0) is 20.8. The molecule has 12 heteroatoms. The first-order chi connectivity index (χ1) is 12.4. The van der Waals surface area contributed by atoms with Gasteiger partial charge in [-0.1, -0.05) is 13.8 Å². The van der Waals surface area contributed by atoms with Gasteiger partial charge >= 0.3 is 25.0 Å². The zero-order valence-electron chi connectivity index (χ0n) is 15.3. The Labute approximate surface area is 155 Å². The number of aliphatic carboxylic acids is 2. The molecule has 0 bridgehead atoms. The van der Waals surface area contributed by atoms with Crippen LogP contribution in [-0.2, 0) is 33.3 Å². The third-order valence-corrected chi connectivity index (χ3v) is 3.71. The van der Waals surface area contributed by atoms with E-state index in [1.165, 1.54) is 6.92 Å². The molecule has 1 heterocycles. The molecule has 1 saturated heterocycles. The summed E-state index contributed by atoms with van der Waals surface area (Å²) in [5.74, 6) is -5.75. The van der Waals surface area contributed by atoms with Gasteiger partial charge in [0.2, 0.25) is 11.8 Å². The molecule has 0 aliphatic carbocycles. The minimum atomic E-state index is -2.17. The molecule has 11 nitrogen and oxygen atoms in total. The van der Waals surface area contributed by atoms with Crippen molar-refractivity contribution in [2.75, 3.05) is 6.54 Å². The van der Waals surface area contributed by atoms with Gasteiger partial charge in [-0.25, -0.2) is 0 Å². The maximum absolute atomic E-state index is 12.2. The van der Waals surface area contributed by atoms with E-state index in [1.54, 1.807) is 0 Å². The van der Waals surface area contributed by atoms with E-state index in [0.717, 1.165) is 0 Å². The number of carboxylic acid groups (broad SMARTS) is 2. The molecule has 1 aliphatic heterocycles. The van der Waals surface area contributed by atoms with Crippen LogP contribution in [-0.4, -0.2) is 65.1 Å². The third kappa shape index (κ3) is 6.89. The van der Waals surface area contributed by atoms with E-state index < -0.39 is 61.2 Å². The van der Waals surface area contributed by atoms with E-state index in [9.17, 15) is 24.0 Å². The van der Waals surface area contributed by atoms with Crippen molar-refractivity contribution < 1.29 is 43.5 Å². The van der Waals surface area contributed by atoms with Crippen LogP contribution in [0.3, 0.4) is 0 Å². The molecule has 27 heavy (non-hydrogen) atoms. The number of carbonyl (C=O) groups excluding carboxylic acids is 3. The largest absolute Gasteiger partial charge is 0.552 e. The van der Waals surface area contributed by atoms with E-state index in [4.69, 9.17) is 19.5 Å². The van der Waals surface area contributed by atoms with Gasteiger partial charge in [-0.15, -0.1) is 0 Å². The summed E-state index contributed by atoms with van der Waals surface area (Å²) in [6.45, 7) is 4.61. The quantitative estimate of drug-likeness (QED) is 0.342. The van der Waals surface area contributed by atoms with Crippen LogP contribution < -0.4 is 10.6 Å². The molecule has 0 unspecified atom stereocenters. The summed E-state index contributed by atoms with van der Waals surface area (Å²) < 4.78 is 10.5. The summed E-state index contributed by atoms with van der Waals surface area (Å²) in [6.07, 6.45) is -1.47. The highest BCUT2D eigenvalue weighted by Gasteiger charge is 2.57. The first-order valence-corrected chi connectivity index (χ1v) is 8.31. The highest BCUT2D eigenvalue weighted by atomic mass is 16.7. The van der Waals surface area contributed by atoms with Crippen molar-refractivity contribution in [1.82, 2.24) is 10.6 Å². The smallest absolute Gasteiger partial charge is 0.506 e. The van der Waals surface area contributed by atoms with Crippen LogP contribution in [0.2, 0.25) is 0 Å². The summed E-state index contributed by atoms with van der Waals surface area (Å²) in [4.78, 5) is 57.3. The summed E-state index contributed by atoms with van der Waals surface area (Å²) in [5, 5.41) is 22.9. The van der Waals surface area contributed by atoms with E-state index in [0.29, 0.717) is 6.42 Å². The molecule has 0 radical (unpaired) electrons. The van der Waals surface area contributed by atoms with E-state index in [-0.39, 0.29) is 12.5 Å². The number of hydrogen-bond donors (Lipinski definition) is 4. The highest BCUT2D eigenvalue weighted by Crippen LogP contribution is 2.32. The van der Waals surface area contributed by atoms with Crippen molar-refractivity contribution >= 4 is 36.8 Å². The fraction of sp³-hybridized carbons (Fsp3) is 0.667. The summed E-state index contributed by atoms with van der Waals surface area (Å²) in [7, 11) is -1.35. The molecule has 1 aliphatic rings. The predicted octanol–water partition coefficient (Wildman–Crippen LogP) is -1.06. The van der Waals surface area contributed by atoms with Gasteiger partial charge in [-0.2, -0.15) is 0 Å². The Morgan fingerprint density at radius 2 is 1.70 bits per heavy atom. The Kier molecular flexibility index (Phi) is 7.76. The number of amides is 2. The lowest BCUT2D eigenvalue weighted by molar-refractivity contribution is -0.157. The van der Waals surface area contributed by atoms with Crippen molar-refractivity contribution in [3.63, 3.8) is 0 Å². The SMILES string of the molecule is CC(=O)NCC(=O)N[C@@H](CC(C)C)B1OC(=O)C(CC(=O)O)(CC(=O)O)O1. The molecule has 2 amide bonds. The van der Waals surface area contributed by atoms with Crippen molar-refractivity contribution in [2.24, 2.45) is 5.92 Å². The number of carboxylic acids is 2. The Morgan fingerprint density at radius 3 is 2.15 bits per heavy atom. The van der Waals surface area contributed by atoms with Crippen molar-refractivity contribution in [1.29, 1.82) is 0 Å². The Balaban J connectivity index is 2.97. The van der Waals surface area contributed by atoms with Crippen molar-refractivity contribution in [3.05, 3.63) is 0 Å². The molecule has 1 atom stereocenters. The predicted molar refractivity (Wildman–Crippen MR) is 90.2 cm³/mol. The van der Waals surface area contributed by atoms with E-state index >= 15 is 0 Å². The van der Waals surface area contributed by atoms with Crippen LogP contribution in [0.1, 0.15) is 40.0 Å². The monoisotopic (exact) mass is 386 g/mol. The molecule has 0 spiro atoms. The topological polar surface area (TPSA) is 168 Å².